The molecule has 0 aliphatic carbocycles. The van der Waals surface area contributed by atoms with Gasteiger partial charge in [0.25, 0.3) is 0 Å². The maximum absolute atomic E-state index is 11.8. The molecule has 24 heavy (non-hydrogen) atoms. The predicted octanol–water partition coefficient (Wildman–Crippen LogP) is 3.64. The first kappa shape index (κ1) is 16.2. The fourth-order valence-electron chi connectivity index (χ4n) is 2.35. The molecule has 0 fully saturated rings. The van der Waals surface area contributed by atoms with Crippen LogP contribution in [0.2, 0.25) is 0 Å². The molecule has 0 radical (unpaired) electrons. The Labute approximate surface area is 143 Å². The van der Waals surface area contributed by atoms with Crippen molar-refractivity contribution in [2.75, 3.05) is 6.61 Å². The second-order valence-electron chi connectivity index (χ2n) is 5.06. The zero-order valence-electron chi connectivity index (χ0n) is 13.4. The number of allylic oxidation sites excluding steroid dienone is 1. The smallest absolute Gasteiger partial charge is 0.434 e. The topological polar surface area (TPSA) is 72.8 Å². The van der Waals surface area contributed by atoms with Gasteiger partial charge < -0.3 is 14.8 Å². The fraction of sp³-hybridized carbons (Fsp3) is 0.235. The van der Waals surface area contributed by atoms with Crippen molar-refractivity contribution in [1.29, 1.82) is 0 Å². The highest BCUT2D eigenvalue weighted by molar-refractivity contribution is 7.07. The van der Waals surface area contributed by atoms with E-state index in [9.17, 15) is 4.79 Å². The van der Waals surface area contributed by atoms with Gasteiger partial charge in [-0.3, -0.25) is 0 Å². The maximum Gasteiger partial charge on any atom is 0.513 e. The molecule has 0 spiro atoms. The molecule has 0 bridgehead atoms. The molecule has 1 unspecified atom stereocenters. The number of carbonyl (C=O) groups excluding carboxylic acids is 1. The molecule has 3 rings (SSSR count). The third-order valence-electron chi connectivity index (χ3n) is 3.43. The lowest BCUT2D eigenvalue weighted by molar-refractivity contribution is 0.0763. The summed E-state index contributed by atoms with van der Waals surface area (Å²) in [6.45, 7) is 3.82. The van der Waals surface area contributed by atoms with Crippen molar-refractivity contribution in [3.05, 3.63) is 63.9 Å². The zero-order chi connectivity index (χ0) is 16.9. The molecule has 124 valence electrons. The lowest BCUT2D eigenvalue weighted by atomic mass is 10.0. The molecule has 0 amide bonds. The third-order valence-corrected chi connectivity index (χ3v) is 4.01. The van der Waals surface area contributed by atoms with Crippen LogP contribution in [0.4, 0.5) is 4.79 Å². The van der Waals surface area contributed by atoms with E-state index in [0.29, 0.717) is 17.3 Å². The summed E-state index contributed by atoms with van der Waals surface area (Å²) in [5, 5.41) is 5.07. The highest BCUT2D eigenvalue weighted by atomic mass is 32.1. The number of hydrogen-bond donors (Lipinski definition) is 1. The van der Waals surface area contributed by atoms with Crippen LogP contribution >= 0.6 is 11.3 Å². The van der Waals surface area contributed by atoms with Crippen molar-refractivity contribution in [3.63, 3.8) is 0 Å². The van der Waals surface area contributed by atoms with Gasteiger partial charge in [-0.25, -0.2) is 14.8 Å². The van der Waals surface area contributed by atoms with Crippen molar-refractivity contribution >= 4 is 23.3 Å². The highest BCUT2D eigenvalue weighted by Gasteiger charge is 2.29. The molecule has 0 saturated carbocycles. The third kappa shape index (κ3) is 3.46. The number of nitrogens with zero attached hydrogens (tertiary/aromatic N) is 2. The molecule has 7 heteroatoms. The van der Waals surface area contributed by atoms with Crippen LogP contribution in [0.15, 0.2) is 57.7 Å². The molecule has 1 aromatic heterocycles. The molecule has 2 aromatic rings. The second-order valence-corrected chi connectivity index (χ2v) is 5.78. The summed E-state index contributed by atoms with van der Waals surface area (Å²) < 4.78 is 10.3. The van der Waals surface area contributed by atoms with Crippen LogP contribution in [0, 0.1) is 0 Å². The van der Waals surface area contributed by atoms with Crippen molar-refractivity contribution in [2.45, 2.75) is 19.9 Å². The Kier molecular flexibility index (Phi) is 4.90. The number of ether oxygens (including phenoxy) is 2. The number of benzene rings is 1. The SMILES string of the molecule is CCOC(=O)OC1=C(C)NC(c2cscn2)=NC1c1ccccc1. The first-order valence-electron chi connectivity index (χ1n) is 7.52. The summed E-state index contributed by atoms with van der Waals surface area (Å²) in [5.41, 5.74) is 4.14. The van der Waals surface area contributed by atoms with Gasteiger partial charge in [-0.15, -0.1) is 11.3 Å². The van der Waals surface area contributed by atoms with E-state index in [4.69, 9.17) is 14.5 Å². The lowest BCUT2D eigenvalue weighted by Gasteiger charge is -2.25. The minimum absolute atomic E-state index is 0.252. The molecule has 0 saturated heterocycles. The summed E-state index contributed by atoms with van der Waals surface area (Å²) in [6.07, 6.45) is -0.734. The fourth-order valence-corrected chi connectivity index (χ4v) is 2.89. The monoisotopic (exact) mass is 343 g/mol. The summed E-state index contributed by atoms with van der Waals surface area (Å²) in [6, 6.07) is 9.23. The Bertz CT molecular complexity index is 770. The van der Waals surface area contributed by atoms with Crippen molar-refractivity contribution in [3.8, 4) is 0 Å². The van der Waals surface area contributed by atoms with Crippen LogP contribution in [-0.2, 0) is 9.47 Å². The van der Waals surface area contributed by atoms with Gasteiger partial charge in [-0.2, -0.15) is 0 Å². The summed E-state index contributed by atoms with van der Waals surface area (Å²) >= 11 is 1.50. The van der Waals surface area contributed by atoms with Gasteiger partial charge in [0.15, 0.2) is 11.6 Å². The van der Waals surface area contributed by atoms with E-state index in [1.54, 1.807) is 12.4 Å². The first-order valence-corrected chi connectivity index (χ1v) is 8.47. The molecule has 1 N–H and O–H groups in total. The van der Waals surface area contributed by atoms with Crippen LogP contribution in [0.1, 0.15) is 31.1 Å². The number of hydrogen-bond acceptors (Lipinski definition) is 7. The van der Waals surface area contributed by atoms with E-state index in [-0.39, 0.29) is 6.61 Å². The molecule has 1 aliphatic rings. The Hall–Kier alpha value is -2.67. The molecular weight excluding hydrogens is 326 g/mol. The number of rotatable bonds is 4. The normalized spacial score (nSPS) is 17.1. The number of carbonyl (C=O) groups is 1. The van der Waals surface area contributed by atoms with Gasteiger partial charge in [-0.1, -0.05) is 30.3 Å². The second kappa shape index (κ2) is 7.27. The van der Waals surface area contributed by atoms with Crippen molar-refractivity contribution in [1.82, 2.24) is 10.3 Å². The van der Waals surface area contributed by atoms with E-state index in [1.807, 2.05) is 42.6 Å². The number of aliphatic imine (C=N–C) groups is 1. The Balaban J connectivity index is 1.97. The quantitative estimate of drug-likeness (QED) is 0.858. The minimum Gasteiger partial charge on any atom is -0.434 e. The van der Waals surface area contributed by atoms with Gasteiger partial charge in [0.2, 0.25) is 0 Å². The largest absolute Gasteiger partial charge is 0.513 e. The van der Waals surface area contributed by atoms with E-state index in [1.165, 1.54) is 11.3 Å². The van der Waals surface area contributed by atoms with Crippen LogP contribution in [-0.4, -0.2) is 23.6 Å². The summed E-state index contributed by atoms with van der Waals surface area (Å²) in [5.74, 6) is 1.08. The van der Waals surface area contributed by atoms with Gasteiger partial charge in [0.05, 0.1) is 17.8 Å². The molecule has 1 aromatic carbocycles. The van der Waals surface area contributed by atoms with E-state index in [0.717, 1.165) is 11.3 Å². The Morgan fingerprint density at radius 3 is 2.79 bits per heavy atom. The van der Waals surface area contributed by atoms with Crippen LogP contribution < -0.4 is 5.32 Å². The molecule has 6 nitrogen and oxygen atoms in total. The van der Waals surface area contributed by atoms with Crippen molar-refractivity contribution < 1.29 is 14.3 Å². The minimum atomic E-state index is -0.734. The molecule has 1 aliphatic heterocycles. The average molecular weight is 343 g/mol. The van der Waals surface area contributed by atoms with Gasteiger partial charge >= 0.3 is 6.16 Å². The van der Waals surface area contributed by atoms with Gasteiger partial charge in [-0.05, 0) is 19.4 Å². The maximum atomic E-state index is 11.8. The number of nitrogens with one attached hydrogen (secondary N) is 1. The van der Waals surface area contributed by atoms with Crippen LogP contribution in [0.3, 0.4) is 0 Å². The molecule has 2 heterocycles. The number of thiazole rings is 1. The lowest BCUT2D eigenvalue weighted by Crippen LogP contribution is -2.31. The van der Waals surface area contributed by atoms with E-state index < -0.39 is 12.2 Å². The van der Waals surface area contributed by atoms with Gasteiger partial charge in [0.1, 0.15) is 11.7 Å². The first-order chi connectivity index (χ1) is 11.7. The molecule has 1 atom stereocenters. The van der Waals surface area contributed by atoms with E-state index in [2.05, 4.69) is 10.3 Å². The Morgan fingerprint density at radius 1 is 1.33 bits per heavy atom. The predicted molar refractivity (Wildman–Crippen MR) is 91.8 cm³/mol. The number of amidine groups is 1. The zero-order valence-corrected chi connectivity index (χ0v) is 14.2. The van der Waals surface area contributed by atoms with E-state index >= 15 is 0 Å². The highest BCUT2D eigenvalue weighted by Crippen LogP contribution is 2.32. The molecular formula is C17H17N3O3S. The van der Waals surface area contributed by atoms with Crippen LogP contribution in [0.25, 0.3) is 0 Å². The standard InChI is InChI=1S/C17H17N3O3S/c1-3-22-17(21)23-15-11(2)19-16(13-9-24-10-18-13)20-14(15)12-7-5-4-6-8-12/h4-10,14H,3H2,1-2H3,(H,19,20). The van der Waals surface area contributed by atoms with Crippen molar-refractivity contribution in [2.24, 2.45) is 4.99 Å². The number of aromatic nitrogens is 1. The van der Waals surface area contributed by atoms with Gasteiger partial charge in [0, 0.05) is 5.38 Å². The summed E-state index contributed by atoms with van der Waals surface area (Å²) in [4.78, 5) is 20.8. The van der Waals surface area contributed by atoms with Crippen LogP contribution in [0.5, 0.6) is 0 Å². The summed E-state index contributed by atoms with van der Waals surface area (Å²) in [7, 11) is 0. The average Bonchev–Trinajstić information content (AvgIpc) is 3.12. The Morgan fingerprint density at radius 2 is 2.12 bits per heavy atom.